The molecule has 1 saturated heterocycles. The fourth-order valence-electron chi connectivity index (χ4n) is 3.16. The van der Waals surface area contributed by atoms with Crippen molar-refractivity contribution < 1.29 is 0 Å². The van der Waals surface area contributed by atoms with E-state index >= 15 is 0 Å². The number of aryl methyl sites for hydroxylation is 1. The molecule has 0 bridgehead atoms. The summed E-state index contributed by atoms with van der Waals surface area (Å²) in [5, 5.41) is 9.44. The smallest absolute Gasteiger partial charge is 0.122 e. The van der Waals surface area contributed by atoms with Crippen LogP contribution in [-0.4, -0.2) is 27.5 Å². The first-order chi connectivity index (χ1) is 10.3. The highest BCUT2D eigenvalue weighted by atomic mass is 15.2. The maximum Gasteiger partial charge on any atom is 0.122 e. The zero-order chi connectivity index (χ0) is 14.7. The van der Waals surface area contributed by atoms with Crippen molar-refractivity contribution in [2.45, 2.75) is 25.9 Å². The Morgan fingerprint density at radius 2 is 2.10 bits per heavy atom. The van der Waals surface area contributed by atoms with E-state index in [0.29, 0.717) is 5.92 Å². The molecule has 4 nitrogen and oxygen atoms in total. The molecule has 2 heterocycles. The van der Waals surface area contributed by atoms with Crippen LogP contribution in [-0.2, 0) is 13.1 Å². The van der Waals surface area contributed by atoms with Gasteiger partial charge < -0.3 is 4.57 Å². The van der Waals surface area contributed by atoms with Crippen LogP contribution in [0.2, 0.25) is 0 Å². The first-order valence-electron chi connectivity index (χ1n) is 7.48. The summed E-state index contributed by atoms with van der Waals surface area (Å²) in [6.07, 6.45) is 3.87. The number of nitrogens with zero attached hydrogens (tertiary/aromatic N) is 4. The lowest BCUT2D eigenvalue weighted by atomic mass is 9.90. The van der Waals surface area contributed by atoms with Gasteiger partial charge in [-0.3, -0.25) is 4.90 Å². The Kier molecular flexibility index (Phi) is 4.03. The number of imidazole rings is 1. The van der Waals surface area contributed by atoms with Crippen LogP contribution in [0.5, 0.6) is 0 Å². The number of rotatable bonds is 4. The van der Waals surface area contributed by atoms with Gasteiger partial charge in [-0.2, -0.15) is 5.26 Å². The monoisotopic (exact) mass is 280 g/mol. The van der Waals surface area contributed by atoms with Crippen LogP contribution in [0, 0.1) is 17.2 Å². The number of nitriles is 1. The minimum absolute atomic E-state index is 0.0671. The maximum atomic E-state index is 9.44. The second-order valence-corrected chi connectivity index (χ2v) is 5.58. The van der Waals surface area contributed by atoms with Crippen molar-refractivity contribution in [2.24, 2.45) is 5.92 Å². The lowest BCUT2D eigenvalue weighted by Crippen LogP contribution is -2.22. The fraction of sp³-hybridized carbons (Fsp3) is 0.412. The maximum absolute atomic E-state index is 9.44. The number of hydrogen-bond donors (Lipinski definition) is 0. The Morgan fingerprint density at radius 3 is 2.81 bits per heavy atom. The summed E-state index contributed by atoms with van der Waals surface area (Å²) in [6, 6.07) is 12.9. The Morgan fingerprint density at radius 1 is 1.29 bits per heavy atom. The molecule has 1 fully saturated rings. The van der Waals surface area contributed by atoms with Crippen molar-refractivity contribution in [1.29, 1.82) is 5.26 Å². The first-order valence-corrected chi connectivity index (χ1v) is 7.48. The predicted octanol–water partition coefficient (Wildman–Crippen LogP) is 2.64. The lowest BCUT2D eigenvalue weighted by Gasteiger charge is -2.16. The summed E-state index contributed by atoms with van der Waals surface area (Å²) in [4.78, 5) is 6.78. The molecular weight excluding hydrogens is 260 g/mol. The molecule has 0 saturated carbocycles. The Hall–Kier alpha value is -2.12. The van der Waals surface area contributed by atoms with E-state index in [9.17, 15) is 5.26 Å². The normalized spacial score (nSPS) is 22.3. The molecule has 3 rings (SSSR count). The molecule has 2 atom stereocenters. The van der Waals surface area contributed by atoms with Gasteiger partial charge in [0.2, 0.25) is 0 Å². The third-order valence-electron chi connectivity index (χ3n) is 4.30. The molecule has 0 spiro atoms. The number of aromatic nitrogens is 2. The van der Waals surface area contributed by atoms with E-state index < -0.39 is 0 Å². The second-order valence-electron chi connectivity index (χ2n) is 5.58. The van der Waals surface area contributed by atoms with E-state index in [0.717, 1.165) is 32.0 Å². The SMILES string of the molecule is CCn1ccnc1CN1C[C@@H](C#N)[C@H](c2ccccc2)C1. The van der Waals surface area contributed by atoms with E-state index in [2.05, 4.69) is 51.7 Å². The highest BCUT2D eigenvalue weighted by molar-refractivity contribution is 5.24. The van der Waals surface area contributed by atoms with Gasteiger partial charge in [0.05, 0.1) is 18.5 Å². The third-order valence-corrected chi connectivity index (χ3v) is 4.30. The van der Waals surface area contributed by atoms with Gasteiger partial charge in [-0.05, 0) is 12.5 Å². The van der Waals surface area contributed by atoms with Gasteiger partial charge in [-0.1, -0.05) is 30.3 Å². The molecule has 2 aromatic rings. The van der Waals surface area contributed by atoms with Gasteiger partial charge >= 0.3 is 0 Å². The Bertz CT molecular complexity index is 626. The summed E-state index contributed by atoms with van der Waals surface area (Å²) < 4.78 is 2.16. The summed E-state index contributed by atoms with van der Waals surface area (Å²) in [5.41, 5.74) is 1.27. The minimum Gasteiger partial charge on any atom is -0.334 e. The third kappa shape index (κ3) is 2.84. The zero-order valence-corrected chi connectivity index (χ0v) is 12.3. The Balaban J connectivity index is 1.74. The topological polar surface area (TPSA) is 44.9 Å². The van der Waals surface area contributed by atoms with Gasteiger partial charge in [0.1, 0.15) is 5.82 Å². The number of benzene rings is 1. The van der Waals surface area contributed by atoms with Crippen LogP contribution in [0.1, 0.15) is 24.2 Å². The van der Waals surface area contributed by atoms with Gasteiger partial charge in [0.25, 0.3) is 0 Å². The molecule has 108 valence electrons. The molecule has 21 heavy (non-hydrogen) atoms. The number of likely N-dealkylation sites (tertiary alicyclic amines) is 1. The zero-order valence-electron chi connectivity index (χ0n) is 12.3. The minimum atomic E-state index is 0.0671. The van der Waals surface area contributed by atoms with Gasteiger partial charge in [-0.15, -0.1) is 0 Å². The molecule has 1 aliphatic rings. The van der Waals surface area contributed by atoms with Gasteiger partial charge in [0.15, 0.2) is 0 Å². The van der Waals surface area contributed by atoms with Crippen molar-refractivity contribution in [3.8, 4) is 6.07 Å². The van der Waals surface area contributed by atoms with E-state index in [1.807, 2.05) is 18.5 Å². The lowest BCUT2D eigenvalue weighted by molar-refractivity contribution is 0.308. The summed E-state index contributed by atoms with van der Waals surface area (Å²) in [5.74, 6) is 1.46. The molecule has 0 unspecified atom stereocenters. The Labute approximate surface area is 125 Å². The molecule has 0 aliphatic carbocycles. The van der Waals surface area contributed by atoms with E-state index in [1.54, 1.807) is 0 Å². The first kappa shape index (κ1) is 13.8. The largest absolute Gasteiger partial charge is 0.334 e. The second kappa shape index (κ2) is 6.11. The van der Waals surface area contributed by atoms with Crippen LogP contribution in [0.15, 0.2) is 42.7 Å². The van der Waals surface area contributed by atoms with Crippen molar-refractivity contribution in [1.82, 2.24) is 14.5 Å². The van der Waals surface area contributed by atoms with Crippen LogP contribution in [0.4, 0.5) is 0 Å². The van der Waals surface area contributed by atoms with Crippen LogP contribution >= 0.6 is 0 Å². The van der Waals surface area contributed by atoms with E-state index in [-0.39, 0.29) is 5.92 Å². The van der Waals surface area contributed by atoms with Crippen molar-refractivity contribution in [3.05, 3.63) is 54.1 Å². The quantitative estimate of drug-likeness (QED) is 0.865. The summed E-state index contributed by atoms with van der Waals surface area (Å²) >= 11 is 0. The highest BCUT2D eigenvalue weighted by Crippen LogP contribution is 2.32. The summed E-state index contributed by atoms with van der Waals surface area (Å²) in [6.45, 7) is 5.64. The molecular formula is C17H20N4. The van der Waals surface area contributed by atoms with Crippen molar-refractivity contribution >= 4 is 0 Å². The fourth-order valence-corrected chi connectivity index (χ4v) is 3.16. The molecule has 0 radical (unpaired) electrons. The van der Waals surface area contributed by atoms with Gasteiger partial charge in [-0.25, -0.2) is 4.98 Å². The molecule has 1 aromatic carbocycles. The standard InChI is InChI=1S/C17H20N4/c1-2-21-9-8-19-17(21)13-20-11-15(10-18)16(12-20)14-6-4-3-5-7-14/h3-9,15-16H,2,11-13H2,1H3/t15-,16+/m1/s1. The van der Waals surface area contributed by atoms with Crippen molar-refractivity contribution in [3.63, 3.8) is 0 Å². The molecule has 1 aliphatic heterocycles. The number of hydrogen-bond acceptors (Lipinski definition) is 3. The van der Waals surface area contributed by atoms with Crippen LogP contribution in [0.3, 0.4) is 0 Å². The molecule has 4 heteroatoms. The predicted molar refractivity (Wildman–Crippen MR) is 81.5 cm³/mol. The molecule has 0 amide bonds. The van der Waals surface area contributed by atoms with Crippen LogP contribution in [0.25, 0.3) is 0 Å². The average Bonchev–Trinajstić information content (AvgIpc) is 3.14. The molecule has 0 N–H and O–H groups in total. The van der Waals surface area contributed by atoms with Crippen molar-refractivity contribution in [2.75, 3.05) is 13.1 Å². The molecule has 1 aromatic heterocycles. The van der Waals surface area contributed by atoms with E-state index in [1.165, 1.54) is 5.56 Å². The van der Waals surface area contributed by atoms with Crippen LogP contribution < -0.4 is 0 Å². The van der Waals surface area contributed by atoms with Gasteiger partial charge in [0, 0.05) is 37.9 Å². The highest BCUT2D eigenvalue weighted by Gasteiger charge is 2.34. The van der Waals surface area contributed by atoms with E-state index in [4.69, 9.17) is 0 Å². The average molecular weight is 280 g/mol. The summed E-state index contributed by atoms with van der Waals surface area (Å²) in [7, 11) is 0.